The first-order chi connectivity index (χ1) is 12.2. The van der Waals surface area contributed by atoms with Gasteiger partial charge in [-0.05, 0) is 37.8 Å². The molecule has 0 radical (unpaired) electrons. The Bertz CT molecular complexity index is 711. The van der Waals surface area contributed by atoms with Gasteiger partial charge in [0.15, 0.2) is 0 Å². The zero-order valence-corrected chi connectivity index (χ0v) is 15.2. The van der Waals surface area contributed by atoms with Gasteiger partial charge in [-0.1, -0.05) is 12.1 Å². The summed E-state index contributed by atoms with van der Waals surface area (Å²) in [6.45, 7) is 5.12. The summed E-state index contributed by atoms with van der Waals surface area (Å²) in [5.74, 6) is 0.397. The molecule has 2 aromatic rings. The molecule has 0 atom stereocenters. The molecule has 1 saturated heterocycles. The van der Waals surface area contributed by atoms with E-state index < -0.39 is 0 Å². The molecule has 1 amide bonds. The second kappa shape index (κ2) is 8.54. The summed E-state index contributed by atoms with van der Waals surface area (Å²) in [7, 11) is 0. The Hall–Kier alpha value is -1.79. The van der Waals surface area contributed by atoms with Gasteiger partial charge in [0.1, 0.15) is 10.8 Å². The van der Waals surface area contributed by atoms with Crippen LogP contribution < -0.4 is 0 Å². The largest absolute Gasteiger partial charge is 0.381 e. The Balaban J connectivity index is 1.54. The molecule has 1 aromatic carbocycles. The van der Waals surface area contributed by atoms with Crippen molar-refractivity contribution in [3.05, 3.63) is 41.2 Å². The predicted molar refractivity (Wildman–Crippen MR) is 97.0 cm³/mol. The number of amides is 1. The third-order valence-corrected chi connectivity index (χ3v) is 5.42. The van der Waals surface area contributed by atoms with E-state index in [9.17, 15) is 9.18 Å². The van der Waals surface area contributed by atoms with Crippen molar-refractivity contribution in [3.8, 4) is 10.6 Å². The highest BCUT2D eigenvalue weighted by Crippen LogP contribution is 2.25. The number of piperidine rings is 1. The number of benzene rings is 1. The van der Waals surface area contributed by atoms with Gasteiger partial charge in [-0.15, -0.1) is 11.3 Å². The summed E-state index contributed by atoms with van der Waals surface area (Å²) in [4.78, 5) is 18.9. The molecule has 3 rings (SSSR count). The molecule has 2 heterocycles. The summed E-state index contributed by atoms with van der Waals surface area (Å²) < 4.78 is 18.8. The second-order valence-corrected chi connectivity index (χ2v) is 7.17. The molecule has 4 nitrogen and oxygen atoms in total. The summed E-state index contributed by atoms with van der Waals surface area (Å²) >= 11 is 1.44. The van der Waals surface area contributed by atoms with Crippen LogP contribution in [0.2, 0.25) is 0 Å². The van der Waals surface area contributed by atoms with Gasteiger partial charge in [-0.3, -0.25) is 4.79 Å². The van der Waals surface area contributed by atoms with Gasteiger partial charge in [-0.25, -0.2) is 9.37 Å². The summed E-state index contributed by atoms with van der Waals surface area (Å²) in [5, 5.41) is 2.64. The number of rotatable bonds is 6. The number of hydrogen-bond acceptors (Lipinski definition) is 4. The summed E-state index contributed by atoms with van der Waals surface area (Å²) in [5.41, 5.74) is 1.51. The Morgan fingerprint density at radius 1 is 1.40 bits per heavy atom. The van der Waals surface area contributed by atoms with Crippen LogP contribution in [-0.4, -0.2) is 42.1 Å². The van der Waals surface area contributed by atoms with Gasteiger partial charge in [0, 0.05) is 37.2 Å². The lowest BCUT2D eigenvalue weighted by Crippen LogP contribution is -2.40. The molecule has 1 fully saturated rings. The number of carbonyl (C=O) groups is 1. The Kier molecular flexibility index (Phi) is 6.15. The maximum Gasteiger partial charge on any atom is 0.228 e. The van der Waals surface area contributed by atoms with Crippen LogP contribution in [0, 0.1) is 11.7 Å². The highest BCUT2D eigenvalue weighted by Gasteiger charge is 2.23. The highest BCUT2D eigenvalue weighted by atomic mass is 32.1. The molecule has 25 heavy (non-hydrogen) atoms. The Morgan fingerprint density at radius 2 is 2.20 bits per heavy atom. The number of ether oxygens (including phenoxy) is 1. The minimum absolute atomic E-state index is 0.117. The normalized spacial score (nSPS) is 15.5. The van der Waals surface area contributed by atoms with Crippen molar-refractivity contribution < 1.29 is 13.9 Å². The van der Waals surface area contributed by atoms with Crippen LogP contribution in [0.1, 0.15) is 25.5 Å². The van der Waals surface area contributed by atoms with Crippen LogP contribution in [-0.2, 0) is 16.0 Å². The van der Waals surface area contributed by atoms with Crippen molar-refractivity contribution in [1.29, 1.82) is 0 Å². The maximum atomic E-state index is 13.3. The zero-order chi connectivity index (χ0) is 17.6. The zero-order valence-electron chi connectivity index (χ0n) is 14.4. The molecule has 1 aromatic heterocycles. The fourth-order valence-corrected chi connectivity index (χ4v) is 3.86. The van der Waals surface area contributed by atoms with Gasteiger partial charge in [0.05, 0.1) is 12.1 Å². The fraction of sp³-hybridized carbons (Fsp3) is 0.474. The first-order valence-electron chi connectivity index (χ1n) is 8.71. The Morgan fingerprint density at radius 3 is 2.92 bits per heavy atom. The number of carbonyl (C=O) groups excluding carboxylic acids is 1. The van der Waals surface area contributed by atoms with Crippen molar-refractivity contribution in [1.82, 2.24) is 9.88 Å². The summed E-state index contributed by atoms with van der Waals surface area (Å²) in [6.07, 6.45) is 2.30. The van der Waals surface area contributed by atoms with Crippen molar-refractivity contribution in [2.75, 3.05) is 26.3 Å². The SMILES string of the molecule is CCOCC1CCN(C(=O)Cc2csc(-c3cccc(F)c3)n2)CC1. The average molecular weight is 362 g/mol. The molecule has 0 aliphatic carbocycles. The molecule has 0 N–H and O–H groups in total. The smallest absolute Gasteiger partial charge is 0.228 e. The van der Waals surface area contributed by atoms with Gasteiger partial charge in [-0.2, -0.15) is 0 Å². The van der Waals surface area contributed by atoms with Crippen LogP contribution in [0.3, 0.4) is 0 Å². The third kappa shape index (κ3) is 4.86. The first-order valence-corrected chi connectivity index (χ1v) is 9.59. The lowest BCUT2D eigenvalue weighted by Gasteiger charge is -2.31. The van der Waals surface area contributed by atoms with Gasteiger partial charge in [0.25, 0.3) is 0 Å². The van der Waals surface area contributed by atoms with E-state index in [0.717, 1.165) is 55.4 Å². The van der Waals surface area contributed by atoms with E-state index in [1.807, 2.05) is 23.3 Å². The van der Waals surface area contributed by atoms with Crippen molar-refractivity contribution in [2.45, 2.75) is 26.2 Å². The van der Waals surface area contributed by atoms with Crippen LogP contribution in [0.4, 0.5) is 4.39 Å². The standard InChI is InChI=1S/C19H23FN2O2S/c1-2-24-12-14-6-8-22(9-7-14)18(23)11-17-13-25-19(21-17)15-4-3-5-16(20)10-15/h3-5,10,13-14H,2,6-9,11-12H2,1H3. The molecule has 1 aliphatic rings. The fourth-order valence-electron chi connectivity index (χ4n) is 3.04. The molecule has 0 bridgehead atoms. The van der Waals surface area contributed by atoms with Crippen molar-refractivity contribution in [2.24, 2.45) is 5.92 Å². The predicted octanol–water partition coefficient (Wildman–Crippen LogP) is 3.77. The molecule has 0 spiro atoms. The van der Waals surface area contributed by atoms with Crippen molar-refractivity contribution in [3.63, 3.8) is 0 Å². The quantitative estimate of drug-likeness (QED) is 0.786. The minimum atomic E-state index is -0.278. The number of aromatic nitrogens is 1. The second-order valence-electron chi connectivity index (χ2n) is 6.31. The maximum absolute atomic E-state index is 13.3. The van der Waals surface area contributed by atoms with E-state index in [1.165, 1.54) is 23.5 Å². The molecule has 6 heteroatoms. The van der Waals surface area contributed by atoms with E-state index >= 15 is 0 Å². The molecule has 134 valence electrons. The molecular formula is C19H23FN2O2S. The van der Waals surface area contributed by atoms with E-state index in [1.54, 1.807) is 6.07 Å². The van der Waals surface area contributed by atoms with E-state index in [-0.39, 0.29) is 11.7 Å². The van der Waals surface area contributed by atoms with Crippen LogP contribution in [0.5, 0.6) is 0 Å². The molecular weight excluding hydrogens is 339 g/mol. The third-order valence-electron chi connectivity index (χ3n) is 4.48. The lowest BCUT2D eigenvalue weighted by molar-refractivity contribution is -0.132. The van der Waals surface area contributed by atoms with Crippen LogP contribution in [0.15, 0.2) is 29.6 Å². The number of nitrogens with zero attached hydrogens (tertiary/aromatic N) is 2. The van der Waals surface area contributed by atoms with Crippen LogP contribution in [0.25, 0.3) is 10.6 Å². The molecule has 0 unspecified atom stereocenters. The molecule has 1 aliphatic heterocycles. The Labute approximate surface area is 151 Å². The van der Waals surface area contributed by atoms with E-state index in [2.05, 4.69) is 4.98 Å². The number of halogens is 1. The summed E-state index contributed by atoms with van der Waals surface area (Å²) in [6, 6.07) is 6.38. The highest BCUT2D eigenvalue weighted by molar-refractivity contribution is 7.13. The minimum Gasteiger partial charge on any atom is -0.381 e. The monoisotopic (exact) mass is 362 g/mol. The topological polar surface area (TPSA) is 42.4 Å². The van der Waals surface area contributed by atoms with Gasteiger partial charge >= 0.3 is 0 Å². The van der Waals surface area contributed by atoms with Gasteiger partial charge < -0.3 is 9.64 Å². The molecule has 0 saturated carbocycles. The number of likely N-dealkylation sites (tertiary alicyclic amines) is 1. The van der Waals surface area contributed by atoms with E-state index in [0.29, 0.717) is 12.3 Å². The number of hydrogen-bond donors (Lipinski definition) is 0. The average Bonchev–Trinajstić information content (AvgIpc) is 3.09. The van der Waals surface area contributed by atoms with Gasteiger partial charge in [0.2, 0.25) is 5.91 Å². The first kappa shape index (κ1) is 18.0. The van der Waals surface area contributed by atoms with Crippen molar-refractivity contribution >= 4 is 17.2 Å². The lowest BCUT2D eigenvalue weighted by atomic mass is 9.97. The van der Waals surface area contributed by atoms with E-state index in [4.69, 9.17) is 4.74 Å². The van der Waals surface area contributed by atoms with Crippen LogP contribution >= 0.6 is 11.3 Å². The number of thiazole rings is 1.